The van der Waals surface area contributed by atoms with Gasteiger partial charge in [-0.1, -0.05) is 12.1 Å². The van der Waals surface area contributed by atoms with Crippen LogP contribution in [0, 0.1) is 5.82 Å². The van der Waals surface area contributed by atoms with E-state index in [9.17, 15) is 4.39 Å². The van der Waals surface area contributed by atoms with Crippen molar-refractivity contribution in [2.45, 2.75) is 13.3 Å². The molecule has 0 atom stereocenters. The topological polar surface area (TPSA) is 98.3 Å². The summed E-state index contributed by atoms with van der Waals surface area (Å²) < 4.78 is 18.7. The Balaban J connectivity index is 1.82. The summed E-state index contributed by atoms with van der Waals surface area (Å²) in [6.45, 7) is 2.69. The number of methoxy groups -OCH3 is 1. The molecule has 0 unspecified atom stereocenters. The Labute approximate surface area is 173 Å². The molecule has 3 heterocycles. The maximum absolute atomic E-state index is 13.4. The smallest absolute Gasteiger partial charge is 0.223 e. The zero-order valence-corrected chi connectivity index (χ0v) is 16.7. The predicted molar refractivity (Wildman–Crippen MR) is 116 cm³/mol. The first-order valence-corrected chi connectivity index (χ1v) is 9.53. The largest absolute Gasteiger partial charge is 0.493 e. The first-order valence-electron chi connectivity index (χ1n) is 9.53. The normalized spacial score (nSPS) is 13.4. The van der Waals surface area contributed by atoms with Gasteiger partial charge in [-0.25, -0.2) is 24.3 Å². The van der Waals surface area contributed by atoms with Gasteiger partial charge in [0.05, 0.1) is 24.2 Å². The van der Waals surface area contributed by atoms with Crippen LogP contribution in [0.3, 0.4) is 0 Å². The number of nitrogens with zero attached hydrogens (tertiary/aromatic N) is 4. The van der Waals surface area contributed by atoms with Crippen molar-refractivity contribution < 1.29 is 9.13 Å². The lowest BCUT2D eigenvalue weighted by Gasteiger charge is -2.10. The van der Waals surface area contributed by atoms with E-state index in [0.717, 1.165) is 22.4 Å². The molecule has 1 aromatic carbocycles. The molecule has 0 spiro atoms. The van der Waals surface area contributed by atoms with E-state index in [0.29, 0.717) is 41.9 Å². The Morgan fingerprint density at radius 2 is 1.93 bits per heavy atom. The van der Waals surface area contributed by atoms with Crippen molar-refractivity contribution in [3.8, 4) is 5.75 Å². The molecule has 0 amide bonds. The van der Waals surface area contributed by atoms with Crippen LogP contribution in [0.25, 0.3) is 11.3 Å². The molecule has 0 fully saturated rings. The molecule has 2 aromatic heterocycles. The van der Waals surface area contributed by atoms with Gasteiger partial charge in [0.2, 0.25) is 5.95 Å². The van der Waals surface area contributed by atoms with E-state index in [-0.39, 0.29) is 5.82 Å². The number of pyridine rings is 1. The molecular weight excluding hydrogens is 383 g/mol. The second-order valence-corrected chi connectivity index (χ2v) is 6.68. The van der Waals surface area contributed by atoms with E-state index >= 15 is 0 Å². The molecule has 152 valence electrons. The number of rotatable bonds is 6. The second kappa shape index (κ2) is 8.28. The minimum Gasteiger partial charge on any atom is -0.493 e. The zero-order valence-electron chi connectivity index (χ0n) is 16.7. The monoisotopic (exact) mass is 404 g/mol. The average molecular weight is 404 g/mol. The molecule has 30 heavy (non-hydrogen) atoms. The highest BCUT2D eigenvalue weighted by atomic mass is 19.1. The highest BCUT2D eigenvalue weighted by Crippen LogP contribution is 2.38. The number of benzene rings is 1. The van der Waals surface area contributed by atoms with Gasteiger partial charge >= 0.3 is 0 Å². The molecule has 1 aliphatic heterocycles. The maximum Gasteiger partial charge on any atom is 0.223 e. The number of ether oxygens (including phenoxy) is 1. The van der Waals surface area contributed by atoms with Crippen molar-refractivity contribution >= 4 is 28.7 Å². The van der Waals surface area contributed by atoms with Crippen molar-refractivity contribution in [3.63, 3.8) is 0 Å². The van der Waals surface area contributed by atoms with Crippen LogP contribution in [0.15, 0.2) is 53.8 Å². The SMILES string of the molecule is CCNc1nccc(C2=C(c3cnc(N)c(OC)c3)CC(c3ccc(F)cc3)=N2)n1. The summed E-state index contributed by atoms with van der Waals surface area (Å²) in [5.41, 5.74) is 10.7. The van der Waals surface area contributed by atoms with E-state index in [1.54, 1.807) is 31.6 Å². The number of nitrogens with one attached hydrogen (secondary N) is 1. The molecule has 0 radical (unpaired) electrons. The average Bonchev–Trinajstić information content (AvgIpc) is 3.20. The van der Waals surface area contributed by atoms with Gasteiger partial charge in [-0.15, -0.1) is 0 Å². The van der Waals surface area contributed by atoms with E-state index in [1.165, 1.54) is 12.1 Å². The first kappa shape index (κ1) is 19.5. The van der Waals surface area contributed by atoms with Gasteiger partial charge in [0.1, 0.15) is 5.82 Å². The molecule has 0 bridgehead atoms. The van der Waals surface area contributed by atoms with Crippen LogP contribution in [-0.4, -0.2) is 34.3 Å². The summed E-state index contributed by atoms with van der Waals surface area (Å²) >= 11 is 0. The third-order valence-electron chi connectivity index (χ3n) is 4.74. The third kappa shape index (κ3) is 3.84. The van der Waals surface area contributed by atoms with Crippen LogP contribution >= 0.6 is 0 Å². The quantitative estimate of drug-likeness (QED) is 0.649. The fourth-order valence-electron chi connectivity index (χ4n) is 3.27. The summed E-state index contributed by atoms with van der Waals surface area (Å²) in [5.74, 6) is 1.05. The van der Waals surface area contributed by atoms with Crippen LogP contribution < -0.4 is 15.8 Å². The van der Waals surface area contributed by atoms with Crippen LogP contribution in [0.5, 0.6) is 5.75 Å². The number of nitrogen functional groups attached to an aromatic ring is 1. The molecule has 3 N–H and O–H groups in total. The lowest BCUT2D eigenvalue weighted by atomic mass is 9.98. The van der Waals surface area contributed by atoms with Crippen LogP contribution in [0.4, 0.5) is 16.2 Å². The number of aliphatic imine (C=N–C) groups is 1. The van der Waals surface area contributed by atoms with Gasteiger partial charge in [0.25, 0.3) is 0 Å². The van der Waals surface area contributed by atoms with E-state index in [4.69, 9.17) is 15.5 Å². The Hall–Kier alpha value is -3.81. The fourth-order valence-corrected chi connectivity index (χ4v) is 3.27. The number of hydrogen-bond acceptors (Lipinski definition) is 7. The molecule has 0 aliphatic carbocycles. The highest BCUT2D eigenvalue weighted by molar-refractivity contribution is 6.16. The number of allylic oxidation sites excluding steroid dienone is 1. The first-order chi connectivity index (χ1) is 14.6. The van der Waals surface area contributed by atoms with Gasteiger partial charge in [-0.05, 0) is 42.3 Å². The van der Waals surface area contributed by atoms with E-state index in [2.05, 4.69) is 20.3 Å². The second-order valence-electron chi connectivity index (χ2n) is 6.68. The maximum atomic E-state index is 13.4. The van der Waals surface area contributed by atoms with Gasteiger partial charge in [0, 0.05) is 30.9 Å². The molecule has 7 nitrogen and oxygen atoms in total. The van der Waals surface area contributed by atoms with Gasteiger partial charge in [0.15, 0.2) is 11.6 Å². The Morgan fingerprint density at radius 3 is 2.67 bits per heavy atom. The number of nitrogens with two attached hydrogens (primary N) is 1. The lowest BCUT2D eigenvalue weighted by molar-refractivity contribution is 0.415. The molecule has 0 saturated carbocycles. The third-order valence-corrected chi connectivity index (χ3v) is 4.74. The van der Waals surface area contributed by atoms with Crippen LogP contribution in [0.2, 0.25) is 0 Å². The number of hydrogen-bond donors (Lipinski definition) is 2. The Kier molecular flexibility index (Phi) is 5.38. The predicted octanol–water partition coefficient (Wildman–Crippen LogP) is 3.79. The summed E-state index contributed by atoms with van der Waals surface area (Å²) in [6.07, 6.45) is 3.93. The molecule has 4 rings (SSSR count). The van der Waals surface area contributed by atoms with Crippen LogP contribution in [0.1, 0.15) is 30.2 Å². The minimum absolute atomic E-state index is 0.288. The van der Waals surface area contributed by atoms with E-state index in [1.807, 2.05) is 19.1 Å². The van der Waals surface area contributed by atoms with Crippen molar-refractivity contribution in [1.82, 2.24) is 15.0 Å². The highest BCUT2D eigenvalue weighted by Gasteiger charge is 2.24. The molecule has 0 saturated heterocycles. The van der Waals surface area contributed by atoms with Crippen molar-refractivity contribution in [2.75, 3.05) is 24.7 Å². The zero-order chi connectivity index (χ0) is 21.1. The molecule has 3 aromatic rings. The van der Waals surface area contributed by atoms with Crippen molar-refractivity contribution in [2.24, 2.45) is 4.99 Å². The van der Waals surface area contributed by atoms with Gasteiger partial charge in [-0.3, -0.25) is 0 Å². The van der Waals surface area contributed by atoms with Crippen molar-refractivity contribution in [3.05, 3.63) is 71.4 Å². The number of aromatic nitrogens is 3. The standard InChI is InChI=1S/C22H21FN6O/c1-3-25-22-26-9-8-17(29-22)20-16(14-10-19(30-2)21(24)27-12-14)11-18(28-20)13-4-6-15(23)7-5-13/h4-10,12H,3,11H2,1-2H3,(H2,24,27)(H,25,26,29). The summed E-state index contributed by atoms with van der Waals surface area (Å²) in [5, 5.41) is 3.12. The Morgan fingerprint density at radius 1 is 1.13 bits per heavy atom. The minimum atomic E-state index is -0.288. The summed E-state index contributed by atoms with van der Waals surface area (Å²) in [6, 6.07) is 9.96. The fraction of sp³-hybridized carbons (Fsp3) is 0.182. The number of anilines is 2. The molecule has 8 heteroatoms. The number of halogens is 1. The Bertz CT molecular complexity index is 1140. The van der Waals surface area contributed by atoms with Gasteiger partial charge < -0.3 is 15.8 Å². The summed E-state index contributed by atoms with van der Waals surface area (Å²) in [7, 11) is 1.55. The molecular formula is C22H21FN6O. The summed E-state index contributed by atoms with van der Waals surface area (Å²) in [4.78, 5) is 17.9. The van der Waals surface area contributed by atoms with Gasteiger partial charge in [-0.2, -0.15) is 0 Å². The van der Waals surface area contributed by atoms with Crippen molar-refractivity contribution in [1.29, 1.82) is 0 Å². The van der Waals surface area contributed by atoms with Crippen LogP contribution in [-0.2, 0) is 0 Å². The van der Waals surface area contributed by atoms with E-state index < -0.39 is 0 Å². The lowest BCUT2D eigenvalue weighted by Crippen LogP contribution is -2.03. The molecule has 1 aliphatic rings.